The summed E-state index contributed by atoms with van der Waals surface area (Å²) in [6, 6.07) is 10.9. The normalized spacial score (nSPS) is 12.2. The molecule has 1 atom stereocenters. The predicted molar refractivity (Wildman–Crippen MR) is 87.4 cm³/mol. The van der Waals surface area contributed by atoms with Crippen molar-refractivity contribution in [2.75, 3.05) is 13.7 Å². The molecule has 0 spiro atoms. The lowest BCUT2D eigenvalue weighted by molar-refractivity contribution is 0.411. The van der Waals surface area contributed by atoms with E-state index >= 15 is 0 Å². The van der Waals surface area contributed by atoms with E-state index in [1.54, 1.807) is 7.11 Å². The van der Waals surface area contributed by atoms with Gasteiger partial charge in [-0.1, -0.05) is 41.1 Å². The Morgan fingerprint density at radius 2 is 2.00 bits per heavy atom. The van der Waals surface area contributed by atoms with Crippen molar-refractivity contribution < 1.29 is 9.13 Å². The summed E-state index contributed by atoms with van der Waals surface area (Å²) in [7, 11) is 1.67. The highest BCUT2D eigenvalue weighted by molar-refractivity contribution is 9.10. The minimum Gasteiger partial charge on any atom is -0.496 e. The number of halogens is 2. The van der Waals surface area contributed by atoms with E-state index < -0.39 is 0 Å². The van der Waals surface area contributed by atoms with Crippen LogP contribution in [0.2, 0.25) is 0 Å². The number of hydrogen-bond donors (Lipinski definition) is 1. The second kappa shape index (κ2) is 7.05. The highest BCUT2D eigenvalue weighted by atomic mass is 79.9. The number of aryl methyl sites for hydroxylation is 1. The summed E-state index contributed by atoms with van der Waals surface area (Å²) >= 11 is 3.46. The number of nitrogens with one attached hydrogen (secondary N) is 1. The quantitative estimate of drug-likeness (QED) is 0.849. The molecular weight excluding hydrogens is 333 g/mol. The number of ether oxygens (including phenoxy) is 1. The Hall–Kier alpha value is -1.39. The van der Waals surface area contributed by atoms with Crippen molar-refractivity contribution in [3.05, 3.63) is 63.4 Å². The zero-order chi connectivity index (χ0) is 15.4. The highest BCUT2D eigenvalue weighted by Gasteiger charge is 2.17. The standard InChI is InChI=1S/C17H19BrFNO/c1-4-20-17(14-7-6-13(19)10-15(14)18)12-5-8-16(21-3)11(2)9-12/h5-10,17,20H,4H2,1-3H3. The van der Waals surface area contributed by atoms with Crippen molar-refractivity contribution in [3.63, 3.8) is 0 Å². The Bertz CT molecular complexity index is 630. The molecule has 4 heteroatoms. The van der Waals surface area contributed by atoms with Crippen LogP contribution in [0.5, 0.6) is 5.75 Å². The molecular formula is C17H19BrFNO. The molecule has 2 aromatic carbocycles. The van der Waals surface area contributed by atoms with Crippen molar-refractivity contribution in [2.45, 2.75) is 19.9 Å². The van der Waals surface area contributed by atoms with E-state index in [0.29, 0.717) is 0 Å². The third-order valence-corrected chi connectivity index (χ3v) is 4.12. The molecule has 112 valence electrons. The molecule has 2 aromatic rings. The van der Waals surface area contributed by atoms with Crippen LogP contribution in [0.3, 0.4) is 0 Å². The monoisotopic (exact) mass is 351 g/mol. The SMILES string of the molecule is CCNC(c1ccc(OC)c(C)c1)c1ccc(F)cc1Br. The maximum Gasteiger partial charge on any atom is 0.124 e. The topological polar surface area (TPSA) is 21.3 Å². The third-order valence-electron chi connectivity index (χ3n) is 3.43. The number of benzene rings is 2. The first kappa shape index (κ1) is 16.0. The first-order valence-corrected chi connectivity index (χ1v) is 7.69. The molecule has 0 heterocycles. The third kappa shape index (κ3) is 3.63. The van der Waals surface area contributed by atoms with Gasteiger partial charge >= 0.3 is 0 Å². The van der Waals surface area contributed by atoms with Crippen LogP contribution in [-0.2, 0) is 0 Å². The zero-order valence-electron chi connectivity index (χ0n) is 12.4. The zero-order valence-corrected chi connectivity index (χ0v) is 14.0. The van der Waals surface area contributed by atoms with Gasteiger partial charge in [0.2, 0.25) is 0 Å². The molecule has 1 unspecified atom stereocenters. The maximum absolute atomic E-state index is 13.3. The smallest absolute Gasteiger partial charge is 0.124 e. The maximum atomic E-state index is 13.3. The van der Waals surface area contributed by atoms with Crippen molar-refractivity contribution in [1.29, 1.82) is 0 Å². The molecule has 2 rings (SSSR count). The van der Waals surface area contributed by atoms with Crippen LogP contribution >= 0.6 is 15.9 Å². The lowest BCUT2D eigenvalue weighted by Gasteiger charge is -2.21. The second-order valence-electron chi connectivity index (χ2n) is 4.89. The van der Waals surface area contributed by atoms with E-state index in [1.807, 2.05) is 25.1 Å². The van der Waals surface area contributed by atoms with Gasteiger partial charge in [-0.25, -0.2) is 4.39 Å². The Balaban J connectivity index is 2.45. The van der Waals surface area contributed by atoms with E-state index in [2.05, 4.69) is 34.2 Å². The van der Waals surface area contributed by atoms with Crippen molar-refractivity contribution >= 4 is 15.9 Å². The molecule has 0 saturated heterocycles. The van der Waals surface area contributed by atoms with Gasteiger partial charge in [-0.05, 0) is 48.4 Å². The summed E-state index contributed by atoms with van der Waals surface area (Å²) in [6.45, 7) is 4.89. The Morgan fingerprint density at radius 1 is 1.24 bits per heavy atom. The molecule has 0 aliphatic heterocycles. The van der Waals surface area contributed by atoms with Crippen LogP contribution in [-0.4, -0.2) is 13.7 Å². The first-order valence-electron chi connectivity index (χ1n) is 6.89. The van der Waals surface area contributed by atoms with Crippen LogP contribution in [0.1, 0.15) is 29.7 Å². The number of methoxy groups -OCH3 is 1. The predicted octanol–water partition coefficient (Wildman–Crippen LogP) is 4.60. The summed E-state index contributed by atoms with van der Waals surface area (Å²) in [4.78, 5) is 0. The van der Waals surface area contributed by atoms with Gasteiger partial charge in [-0.15, -0.1) is 0 Å². The van der Waals surface area contributed by atoms with Gasteiger partial charge in [-0.3, -0.25) is 0 Å². The summed E-state index contributed by atoms with van der Waals surface area (Å²) in [5.74, 6) is 0.624. The van der Waals surface area contributed by atoms with E-state index in [9.17, 15) is 4.39 Å². The van der Waals surface area contributed by atoms with Gasteiger partial charge in [0.15, 0.2) is 0 Å². The Labute approximate surface area is 133 Å². The van der Waals surface area contributed by atoms with Gasteiger partial charge in [0, 0.05) is 4.47 Å². The van der Waals surface area contributed by atoms with Crippen LogP contribution in [0.25, 0.3) is 0 Å². The molecule has 0 aromatic heterocycles. The van der Waals surface area contributed by atoms with Crippen LogP contribution in [0.15, 0.2) is 40.9 Å². The van der Waals surface area contributed by atoms with Gasteiger partial charge < -0.3 is 10.1 Å². The fourth-order valence-corrected chi connectivity index (χ4v) is 3.01. The first-order chi connectivity index (χ1) is 10.1. The van der Waals surface area contributed by atoms with Crippen LogP contribution in [0.4, 0.5) is 4.39 Å². The Kier molecular flexibility index (Phi) is 5.37. The minimum atomic E-state index is -0.244. The molecule has 0 saturated carbocycles. The fourth-order valence-electron chi connectivity index (χ4n) is 2.43. The summed E-state index contributed by atoms with van der Waals surface area (Å²) in [5.41, 5.74) is 3.22. The van der Waals surface area contributed by atoms with E-state index in [-0.39, 0.29) is 11.9 Å². The lowest BCUT2D eigenvalue weighted by atomic mass is 9.97. The van der Waals surface area contributed by atoms with Gasteiger partial charge in [-0.2, -0.15) is 0 Å². The molecule has 0 fully saturated rings. The molecule has 0 bridgehead atoms. The highest BCUT2D eigenvalue weighted by Crippen LogP contribution is 2.31. The fraction of sp³-hybridized carbons (Fsp3) is 0.294. The van der Waals surface area contributed by atoms with Crippen molar-refractivity contribution in [3.8, 4) is 5.75 Å². The summed E-state index contributed by atoms with van der Waals surface area (Å²) in [5, 5.41) is 3.45. The molecule has 21 heavy (non-hydrogen) atoms. The minimum absolute atomic E-state index is 0.00887. The molecule has 2 nitrogen and oxygen atoms in total. The molecule has 0 aliphatic carbocycles. The van der Waals surface area contributed by atoms with Gasteiger partial charge in [0.25, 0.3) is 0 Å². The Morgan fingerprint density at radius 3 is 2.57 bits per heavy atom. The van der Waals surface area contributed by atoms with Gasteiger partial charge in [0.05, 0.1) is 13.2 Å². The lowest BCUT2D eigenvalue weighted by Crippen LogP contribution is -2.22. The second-order valence-corrected chi connectivity index (χ2v) is 5.74. The summed E-state index contributed by atoms with van der Waals surface area (Å²) in [6.07, 6.45) is 0. The molecule has 1 N–H and O–H groups in total. The number of rotatable bonds is 5. The number of hydrogen-bond acceptors (Lipinski definition) is 2. The van der Waals surface area contributed by atoms with Crippen molar-refractivity contribution in [1.82, 2.24) is 5.32 Å². The average Bonchev–Trinajstić information content (AvgIpc) is 2.45. The van der Waals surface area contributed by atoms with E-state index in [4.69, 9.17) is 4.74 Å². The summed E-state index contributed by atoms with van der Waals surface area (Å²) < 4.78 is 19.4. The van der Waals surface area contributed by atoms with Crippen LogP contribution < -0.4 is 10.1 Å². The molecule has 0 amide bonds. The largest absolute Gasteiger partial charge is 0.496 e. The van der Waals surface area contributed by atoms with E-state index in [0.717, 1.165) is 33.5 Å². The molecule has 0 aliphatic rings. The van der Waals surface area contributed by atoms with Crippen LogP contribution in [0, 0.1) is 12.7 Å². The van der Waals surface area contributed by atoms with E-state index in [1.165, 1.54) is 12.1 Å². The van der Waals surface area contributed by atoms with Gasteiger partial charge in [0.1, 0.15) is 11.6 Å². The van der Waals surface area contributed by atoms with Crippen molar-refractivity contribution in [2.24, 2.45) is 0 Å². The molecule has 0 radical (unpaired) electrons. The average molecular weight is 352 g/mol.